The van der Waals surface area contributed by atoms with Gasteiger partial charge in [0.2, 0.25) is 0 Å². The van der Waals surface area contributed by atoms with E-state index in [1.54, 1.807) is 14.2 Å². The van der Waals surface area contributed by atoms with E-state index >= 15 is 0 Å². The van der Waals surface area contributed by atoms with Gasteiger partial charge in [-0.3, -0.25) is 0 Å². The van der Waals surface area contributed by atoms with Gasteiger partial charge in [0.15, 0.2) is 0 Å². The van der Waals surface area contributed by atoms with Crippen LogP contribution in [0.15, 0.2) is 48.7 Å². The zero-order chi connectivity index (χ0) is 16.1. The third-order valence-corrected chi connectivity index (χ3v) is 4.06. The molecule has 4 nitrogen and oxygen atoms in total. The molecule has 3 aromatic rings. The molecule has 0 amide bonds. The largest absolute Gasteiger partial charge is 0.497 e. The van der Waals surface area contributed by atoms with Crippen molar-refractivity contribution in [3.8, 4) is 11.5 Å². The molecule has 0 aliphatic heterocycles. The number of benzene rings is 2. The number of hydrogen-bond donors (Lipinski definition) is 2. The van der Waals surface area contributed by atoms with Crippen molar-refractivity contribution in [3.05, 3.63) is 59.8 Å². The van der Waals surface area contributed by atoms with Crippen molar-refractivity contribution < 1.29 is 9.47 Å². The molecule has 0 saturated heterocycles. The van der Waals surface area contributed by atoms with Crippen LogP contribution in [0.1, 0.15) is 11.1 Å². The number of aromatic amines is 1. The van der Waals surface area contributed by atoms with Crippen LogP contribution in [0.4, 0.5) is 0 Å². The fourth-order valence-electron chi connectivity index (χ4n) is 2.78. The van der Waals surface area contributed by atoms with Crippen LogP contribution in [0.2, 0.25) is 0 Å². The zero-order valence-corrected chi connectivity index (χ0v) is 14.8. The van der Waals surface area contributed by atoms with Gasteiger partial charge in [0.1, 0.15) is 11.5 Å². The number of hydrogen-bond acceptors (Lipinski definition) is 3. The number of H-pyrrole nitrogens is 1. The second-order valence-corrected chi connectivity index (χ2v) is 5.46. The normalized spacial score (nSPS) is 10.4. The second-order valence-electron chi connectivity index (χ2n) is 5.46. The molecule has 24 heavy (non-hydrogen) atoms. The summed E-state index contributed by atoms with van der Waals surface area (Å²) in [6.07, 6.45) is 3.09. The van der Waals surface area contributed by atoms with Crippen LogP contribution in [-0.4, -0.2) is 25.7 Å². The Kier molecular flexibility index (Phi) is 6.53. The smallest absolute Gasteiger partial charge is 0.127 e. The molecule has 0 aliphatic rings. The van der Waals surface area contributed by atoms with Crippen molar-refractivity contribution >= 4 is 23.3 Å². The number of halogens is 1. The molecule has 5 heteroatoms. The summed E-state index contributed by atoms with van der Waals surface area (Å²) in [4.78, 5) is 3.32. The number of fused-ring (bicyclic) bond motifs is 1. The third kappa shape index (κ3) is 4.02. The molecule has 0 unspecified atom stereocenters. The van der Waals surface area contributed by atoms with Gasteiger partial charge in [-0.25, -0.2) is 0 Å². The highest BCUT2D eigenvalue weighted by Gasteiger charge is 2.06. The Labute approximate surface area is 148 Å². The Bertz CT molecular complexity index is 786. The fourth-order valence-corrected chi connectivity index (χ4v) is 2.78. The lowest BCUT2D eigenvalue weighted by atomic mass is 10.1. The number of methoxy groups -OCH3 is 2. The summed E-state index contributed by atoms with van der Waals surface area (Å²) < 4.78 is 10.6. The molecule has 0 aliphatic carbocycles. The highest BCUT2D eigenvalue weighted by molar-refractivity contribution is 5.85. The molecular weight excluding hydrogens is 324 g/mol. The highest BCUT2D eigenvalue weighted by atomic mass is 35.5. The zero-order valence-electron chi connectivity index (χ0n) is 14.0. The number of rotatable bonds is 7. The van der Waals surface area contributed by atoms with Gasteiger partial charge in [-0.1, -0.05) is 24.3 Å². The van der Waals surface area contributed by atoms with E-state index in [1.165, 1.54) is 16.5 Å². The molecule has 2 N–H and O–H groups in total. The highest BCUT2D eigenvalue weighted by Crippen LogP contribution is 2.24. The van der Waals surface area contributed by atoms with E-state index in [0.29, 0.717) is 0 Å². The SMILES string of the molecule is COc1ccc(CNCCc2c[nH]c3ccccc23)c(OC)c1.Cl. The van der Waals surface area contributed by atoms with Crippen LogP contribution < -0.4 is 14.8 Å². The van der Waals surface area contributed by atoms with Gasteiger partial charge >= 0.3 is 0 Å². The summed E-state index contributed by atoms with van der Waals surface area (Å²) in [5, 5.41) is 4.78. The molecule has 1 heterocycles. The van der Waals surface area contributed by atoms with Gasteiger partial charge in [-0.15, -0.1) is 12.4 Å². The molecule has 2 aromatic carbocycles. The minimum absolute atomic E-state index is 0. The summed E-state index contributed by atoms with van der Waals surface area (Å²) in [6, 6.07) is 14.3. The maximum atomic E-state index is 5.42. The molecule has 1 aromatic heterocycles. The van der Waals surface area contributed by atoms with Gasteiger partial charge < -0.3 is 19.8 Å². The fraction of sp³-hybridized carbons (Fsp3) is 0.263. The van der Waals surface area contributed by atoms with Crippen molar-refractivity contribution in [2.75, 3.05) is 20.8 Å². The summed E-state index contributed by atoms with van der Waals surface area (Å²) in [7, 11) is 3.35. The predicted molar refractivity (Wildman–Crippen MR) is 101 cm³/mol. The van der Waals surface area contributed by atoms with E-state index in [4.69, 9.17) is 9.47 Å². The number of aromatic nitrogens is 1. The quantitative estimate of drug-likeness (QED) is 0.637. The van der Waals surface area contributed by atoms with E-state index in [0.717, 1.165) is 36.6 Å². The van der Waals surface area contributed by atoms with E-state index in [1.807, 2.05) is 18.2 Å². The van der Waals surface area contributed by atoms with Gasteiger partial charge in [0, 0.05) is 35.3 Å². The standard InChI is InChI=1S/C19H22N2O2.ClH/c1-22-16-8-7-15(19(11-16)23-2)12-20-10-9-14-13-21-18-6-4-3-5-17(14)18;/h3-8,11,13,20-21H,9-10,12H2,1-2H3;1H. The first kappa shape index (κ1) is 18.2. The first-order chi connectivity index (χ1) is 11.3. The molecular formula is C19H23ClN2O2. The van der Waals surface area contributed by atoms with E-state index in [2.05, 4.69) is 40.8 Å². The molecule has 0 radical (unpaired) electrons. The molecule has 0 bridgehead atoms. The van der Waals surface area contributed by atoms with Crippen molar-refractivity contribution in [2.24, 2.45) is 0 Å². The maximum Gasteiger partial charge on any atom is 0.127 e. The summed E-state index contributed by atoms with van der Waals surface area (Å²) >= 11 is 0. The monoisotopic (exact) mass is 346 g/mol. The van der Waals surface area contributed by atoms with Crippen LogP contribution in [0, 0.1) is 0 Å². The number of nitrogens with one attached hydrogen (secondary N) is 2. The van der Waals surface area contributed by atoms with Gasteiger partial charge in [0.05, 0.1) is 14.2 Å². The molecule has 0 atom stereocenters. The lowest BCUT2D eigenvalue weighted by Gasteiger charge is -2.11. The van der Waals surface area contributed by atoms with Crippen LogP contribution in [0.5, 0.6) is 11.5 Å². The molecule has 0 fully saturated rings. The summed E-state index contributed by atoms with van der Waals surface area (Å²) in [6.45, 7) is 1.69. The van der Waals surface area contributed by atoms with Gasteiger partial charge in [-0.2, -0.15) is 0 Å². The Balaban J connectivity index is 0.00000208. The molecule has 3 rings (SSSR count). The Morgan fingerprint density at radius 2 is 1.83 bits per heavy atom. The van der Waals surface area contributed by atoms with Gasteiger partial charge in [0.25, 0.3) is 0 Å². The second kappa shape index (κ2) is 8.62. The Morgan fingerprint density at radius 1 is 1.00 bits per heavy atom. The lowest BCUT2D eigenvalue weighted by molar-refractivity contribution is 0.390. The van der Waals surface area contributed by atoms with E-state index in [-0.39, 0.29) is 12.4 Å². The Morgan fingerprint density at radius 3 is 2.62 bits per heavy atom. The number of ether oxygens (including phenoxy) is 2. The third-order valence-electron chi connectivity index (χ3n) is 4.06. The van der Waals surface area contributed by atoms with Crippen molar-refractivity contribution in [3.63, 3.8) is 0 Å². The van der Waals surface area contributed by atoms with Crippen LogP contribution in [-0.2, 0) is 13.0 Å². The minimum Gasteiger partial charge on any atom is -0.497 e. The van der Waals surface area contributed by atoms with Crippen LogP contribution in [0.3, 0.4) is 0 Å². The predicted octanol–water partition coefficient (Wildman–Crippen LogP) is 3.94. The first-order valence-electron chi connectivity index (χ1n) is 7.78. The maximum absolute atomic E-state index is 5.42. The lowest BCUT2D eigenvalue weighted by Crippen LogP contribution is -2.17. The number of para-hydroxylation sites is 1. The average Bonchev–Trinajstić information content (AvgIpc) is 3.02. The Hall–Kier alpha value is -2.17. The van der Waals surface area contributed by atoms with Crippen LogP contribution in [0.25, 0.3) is 10.9 Å². The molecule has 128 valence electrons. The van der Waals surface area contributed by atoms with Crippen molar-refractivity contribution in [1.29, 1.82) is 0 Å². The van der Waals surface area contributed by atoms with Crippen LogP contribution >= 0.6 is 12.4 Å². The first-order valence-corrected chi connectivity index (χ1v) is 7.78. The van der Waals surface area contributed by atoms with Gasteiger partial charge in [-0.05, 0) is 30.7 Å². The van der Waals surface area contributed by atoms with E-state index < -0.39 is 0 Å². The topological polar surface area (TPSA) is 46.3 Å². The van der Waals surface area contributed by atoms with Crippen molar-refractivity contribution in [2.45, 2.75) is 13.0 Å². The average molecular weight is 347 g/mol. The van der Waals surface area contributed by atoms with Crippen molar-refractivity contribution in [1.82, 2.24) is 10.3 Å². The summed E-state index contributed by atoms with van der Waals surface area (Å²) in [5.41, 5.74) is 3.67. The summed E-state index contributed by atoms with van der Waals surface area (Å²) in [5.74, 6) is 1.66. The molecule has 0 saturated carbocycles. The van der Waals surface area contributed by atoms with E-state index in [9.17, 15) is 0 Å². The minimum atomic E-state index is 0. The molecule has 0 spiro atoms.